The molecule has 3 heterocycles. The van der Waals surface area contributed by atoms with Crippen LogP contribution in [0.5, 0.6) is 0 Å². The molecule has 0 N–H and O–H groups in total. The molecule has 3 saturated heterocycles. The summed E-state index contributed by atoms with van der Waals surface area (Å²) in [5.74, 6) is -0.126. The van der Waals surface area contributed by atoms with E-state index < -0.39 is 16.1 Å². The van der Waals surface area contributed by atoms with Crippen molar-refractivity contribution in [1.29, 1.82) is 0 Å². The lowest BCUT2D eigenvalue weighted by Gasteiger charge is -2.35. The molecular weight excluding hydrogens is 284 g/mol. The summed E-state index contributed by atoms with van der Waals surface area (Å²) < 4.78 is 30.7. The maximum absolute atomic E-state index is 12.2. The fraction of sp³-hybridized carbons (Fsp3) is 0.917. The highest BCUT2D eigenvalue weighted by atomic mass is 32.2. The lowest BCUT2D eigenvalue weighted by Crippen LogP contribution is -2.49. The molecule has 0 aliphatic carbocycles. The number of hydroxylamine groups is 2. The summed E-state index contributed by atoms with van der Waals surface area (Å²) in [7, 11) is -3.19. The maximum Gasteiger partial charge on any atom is 0.275 e. The number of nitrogens with zero attached hydrogens (tertiary/aromatic N) is 2. The van der Waals surface area contributed by atoms with E-state index in [1.807, 2.05) is 0 Å². The average Bonchev–Trinajstić information content (AvgIpc) is 3.05. The summed E-state index contributed by atoms with van der Waals surface area (Å²) in [6.07, 6.45) is 3.29. The van der Waals surface area contributed by atoms with Crippen LogP contribution in [0, 0.1) is 0 Å². The van der Waals surface area contributed by atoms with Crippen LogP contribution in [0.15, 0.2) is 0 Å². The minimum absolute atomic E-state index is 0.117. The third-order valence-electron chi connectivity index (χ3n) is 4.20. The van der Waals surface area contributed by atoms with Crippen molar-refractivity contribution in [2.75, 3.05) is 26.0 Å². The van der Waals surface area contributed by atoms with E-state index in [9.17, 15) is 13.2 Å². The molecule has 3 aliphatic heterocycles. The maximum atomic E-state index is 12.2. The second-order valence-corrected chi connectivity index (χ2v) is 7.53. The van der Waals surface area contributed by atoms with Crippen molar-refractivity contribution in [2.45, 2.75) is 43.9 Å². The van der Waals surface area contributed by atoms with Gasteiger partial charge in [0.2, 0.25) is 10.0 Å². The van der Waals surface area contributed by atoms with Gasteiger partial charge in [-0.1, -0.05) is 0 Å². The highest BCUT2D eigenvalue weighted by Gasteiger charge is 2.45. The first-order valence-corrected chi connectivity index (χ1v) is 8.88. The van der Waals surface area contributed by atoms with Gasteiger partial charge in [0.05, 0.1) is 31.6 Å². The minimum Gasteiger partial charge on any atom is -0.363 e. The summed E-state index contributed by atoms with van der Waals surface area (Å²) in [4.78, 5) is 17.5. The van der Waals surface area contributed by atoms with Crippen molar-refractivity contribution in [2.24, 2.45) is 0 Å². The largest absolute Gasteiger partial charge is 0.363 e. The van der Waals surface area contributed by atoms with Crippen LogP contribution in [0.4, 0.5) is 0 Å². The SMILES string of the molecule is CS(=O)(=O)N1CC[C@@H]2O[C@H](C(=O)N3CCCO3)CC[C@@H]21. The highest BCUT2D eigenvalue weighted by molar-refractivity contribution is 7.88. The monoisotopic (exact) mass is 304 g/mol. The van der Waals surface area contributed by atoms with Gasteiger partial charge in [0.15, 0.2) is 0 Å². The molecule has 0 bridgehead atoms. The molecule has 3 aliphatic rings. The fourth-order valence-electron chi connectivity index (χ4n) is 3.26. The second kappa shape index (κ2) is 5.25. The molecule has 3 rings (SSSR count). The molecule has 8 heteroatoms. The molecule has 0 spiro atoms. The number of fused-ring (bicyclic) bond motifs is 1. The first kappa shape index (κ1) is 14.2. The zero-order chi connectivity index (χ0) is 14.3. The van der Waals surface area contributed by atoms with Gasteiger partial charge in [0.25, 0.3) is 5.91 Å². The third kappa shape index (κ3) is 2.57. The standard InChI is InChI=1S/C12H20N2O5S/c1-20(16,17)14-7-5-10-9(14)3-4-11(19-10)12(15)13-6-2-8-18-13/h9-11H,2-8H2,1H3/t9-,10-,11-/m0/s1. The first-order chi connectivity index (χ1) is 9.47. The van der Waals surface area contributed by atoms with Crippen LogP contribution in [0.3, 0.4) is 0 Å². The number of rotatable bonds is 2. The lowest BCUT2D eigenvalue weighted by atomic mass is 9.99. The lowest BCUT2D eigenvalue weighted by molar-refractivity contribution is -0.188. The zero-order valence-corrected chi connectivity index (χ0v) is 12.3. The molecule has 0 saturated carbocycles. The van der Waals surface area contributed by atoms with Gasteiger partial charge in [0, 0.05) is 6.54 Å². The van der Waals surface area contributed by atoms with Gasteiger partial charge in [-0.25, -0.2) is 13.5 Å². The molecule has 20 heavy (non-hydrogen) atoms. The molecule has 7 nitrogen and oxygen atoms in total. The van der Waals surface area contributed by atoms with Gasteiger partial charge in [0.1, 0.15) is 6.10 Å². The first-order valence-electron chi connectivity index (χ1n) is 7.03. The van der Waals surface area contributed by atoms with E-state index in [0.717, 1.165) is 6.42 Å². The van der Waals surface area contributed by atoms with E-state index >= 15 is 0 Å². The average molecular weight is 304 g/mol. The Labute approximate surface area is 118 Å². The van der Waals surface area contributed by atoms with Crippen LogP contribution < -0.4 is 0 Å². The molecule has 0 unspecified atom stereocenters. The van der Waals surface area contributed by atoms with Crippen LogP contribution in [0.2, 0.25) is 0 Å². The second-order valence-electron chi connectivity index (χ2n) is 5.60. The Morgan fingerprint density at radius 1 is 1.20 bits per heavy atom. The van der Waals surface area contributed by atoms with Crippen molar-refractivity contribution in [3.8, 4) is 0 Å². The van der Waals surface area contributed by atoms with Gasteiger partial charge >= 0.3 is 0 Å². The number of carbonyl (C=O) groups excluding carboxylic acids is 1. The summed E-state index contributed by atoms with van der Waals surface area (Å²) in [5, 5.41) is 1.38. The van der Waals surface area contributed by atoms with E-state index in [1.165, 1.54) is 15.6 Å². The molecular formula is C12H20N2O5S. The Balaban J connectivity index is 1.64. The number of hydrogen-bond acceptors (Lipinski definition) is 5. The molecule has 114 valence electrons. The minimum atomic E-state index is -3.19. The van der Waals surface area contributed by atoms with Crippen molar-refractivity contribution < 1.29 is 22.8 Å². The predicted octanol–water partition coefficient (Wildman–Crippen LogP) is -0.268. The normalized spacial score (nSPS) is 35.2. The van der Waals surface area contributed by atoms with Gasteiger partial charge in [-0.3, -0.25) is 9.63 Å². The molecule has 0 aromatic rings. The summed E-state index contributed by atoms with van der Waals surface area (Å²) >= 11 is 0. The van der Waals surface area contributed by atoms with Crippen molar-refractivity contribution in [1.82, 2.24) is 9.37 Å². The molecule has 3 atom stereocenters. The van der Waals surface area contributed by atoms with Crippen LogP contribution in [-0.2, 0) is 24.4 Å². The number of hydrogen-bond donors (Lipinski definition) is 0. The van der Waals surface area contributed by atoms with Crippen molar-refractivity contribution in [3.63, 3.8) is 0 Å². The Morgan fingerprint density at radius 3 is 2.65 bits per heavy atom. The third-order valence-corrected chi connectivity index (χ3v) is 5.50. The number of carbonyl (C=O) groups is 1. The topological polar surface area (TPSA) is 76.2 Å². The summed E-state index contributed by atoms with van der Waals surface area (Å²) in [6.45, 7) is 1.67. The van der Waals surface area contributed by atoms with E-state index in [1.54, 1.807) is 0 Å². The van der Waals surface area contributed by atoms with Crippen LogP contribution in [0.1, 0.15) is 25.7 Å². The molecule has 0 aromatic carbocycles. The highest BCUT2D eigenvalue weighted by Crippen LogP contribution is 2.33. The van der Waals surface area contributed by atoms with Gasteiger partial charge in [-0.05, 0) is 25.7 Å². The van der Waals surface area contributed by atoms with Crippen molar-refractivity contribution >= 4 is 15.9 Å². The number of ether oxygens (including phenoxy) is 1. The van der Waals surface area contributed by atoms with E-state index in [0.29, 0.717) is 39.0 Å². The number of amides is 1. The molecule has 0 radical (unpaired) electrons. The van der Waals surface area contributed by atoms with E-state index in [-0.39, 0.29) is 18.1 Å². The van der Waals surface area contributed by atoms with E-state index in [4.69, 9.17) is 9.57 Å². The van der Waals surface area contributed by atoms with Gasteiger partial charge < -0.3 is 4.74 Å². The quantitative estimate of drug-likeness (QED) is 0.702. The smallest absolute Gasteiger partial charge is 0.275 e. The van der Waals surface area contributed by atoms with Gasteiger partial charge in [-0.15, -0.1) is 0 Å². The Kier molecular flexibility index (Phi) is 3.74. The Morgan fingerprint density at radius 2 is 2.00 bits per heavy atom. The number of sulfonamides is 1. The van der Waals surface area contributed by atoms with Crippen LogP contribution >= 0.6 is 0 Å². The molecule has 0 aromatic heterocycles. The molecule has 1 amide bonds. The Hall–Kier alpha value is -0.700. The Bertz CT molecular complexity index is 488. The zero-order valence-electron chi connectivity index (χ0n) is 11.5. The van der Waals surface area contributed by atoms with Crippen LogP contribution in [-0.4, -0.2) is 67.9 Å². The fourth-order valence-corrected chi connectivity index (χ4v) is 4.43. The van der Waals surface area contributed by atoms with Crippen molar-refractivity contribution in [3.05, 3.63) is 0 Å². The summed E-state index contributed by atoms with van der Waals surface area (Å²) in [5.41, 5.74) is 0. The summed E-state index contributed by atoms with van der Waals surface area (Å²) in [6, 6.07) is -0.117. The molecule has 3 fully saturated rings. The predicted molar refractivity (Wildman–Crippen MR) is 70.1 cm³/mol. The van der Waals surface area contributed by atoms with Gasteiger partial charge in [-0.2, -0.15) is 4.31 Å². The van der Waals surface area contributed by atoms with E-state index in [2.05, 4.69) is 0 Å². The van der Waals surface area contributed by atoms with Crippen LogP contribution in [0.25, 0.3) is 0 Å².